The summed E-state index contributed by atoms with van der Waals surface area (Å²) in [5.74, 6) is 1.17. The van der Waals surface area contributed by atoms with Crippen LogP contribution in [0, 0.1) is 6.92 Å². The summed E-state index contributed by atoms with van der Waals surface area (Å²) in [7, 11) is 1.59. The molecule has 0 aliphatic carbocycles. The van der Waals surface area contributed by atoms with Crippen LogP contribution in [0.5, 0.6) is 5.75 Å². The molecule has 2 heterocycles. The molecule has 0 saturated heterocycles. The van der Waals surface area contributed by atoms with Gasteiger partial charge in [-0.05, 0) is 44.2 Å². The Morgan fingerprint density at radius 3 is 2.58 bits per heavy atom. The van der Waals surface area contributed by atoms with Gasteiger partial charge in [0.2, 0.25) is 5.91 Å². The topological polar surface area (TPSA) is 99.2 Å². The Balaban J connectivity index is 1.86. The molecule has 0 aliphatic heterocycles. The van der Waals surface area contributed by atoms with Gasteiger partial charge in [-0.15, -0.1) is 0 Å². The number of carbonyl (C=O) groups is 1. The molecule has 1 unspecified atom stereocenters. The van der Waals surface area contributed by atoms with Crippen molar-refractivity contribution in [3.8, 4) is 17.0 Å². The van der Waals surface area contributed by atoms with E-state index in [1.54, 1.807) is 45.2 Å². The van der Waals surface area contributed by atoms with E-state index in [1.807, 2.05) is 12.1 Å². The molecule has 0 bridgehead atoms. The van der Waals surface area contributed by atoms with Crippen LogP contribution in [0.1, 0.15) is 18.7 Å². The van der Waals surface area contributed by atoms with Crippen LogP contribution in [-0.4, -0.2) is 28.0 Å². The Kier molecular flexibility index (Phi) is 4.83. The number of anilines is 1. The van der Waals surface area contributed by atoms with Gasteiger partial charge in [-0.1, -0.05) is 5.16 Å². The molecule has 1 amide bonds. The van der Waals surface area contributed by atoms with Crippen molar-refractivity contribution in [2.45, 2.75) is 19.9 Å². The molecule has 8 heteroatoms. The first-order valence-electron chi connectivity index (χ1n) is 7.96. The molecule has 0 saturated carbocycles. The second kappa shape index (κ2) is 7.22. The lowest BCUT2D eigenvalue weighted by Crippen LogP contribution is -2.33. The van der Waals surface area contributed by atoms with Crippen molar-refractivity contribution in [3.05, 3.63) is 58.6 Å². The Morgan fingerprint density at radius 2 is 1.96 bits per heavy atom. The van der Waals surface area contributed by atoms with Crippen molar-refractivity contribution < 1.29 is 14.1 Å². The number of nitrogens with zero attached hydrogens (tertiary/aromatic N) is 3. The minimum atomic E-state index is -0.822. The van der Waals surface area contributed by atoms with Crippen molar-refractivity contribution in [1.82, 2.24) is 14.9 Å². The molecule has 0 radical (unpaired) electrons. The summed E-state index contributed by atoms with van der Waals surface area (Å²) < 4.78 is 11.2. The maximum absolute atomic E-state index is 12.4. The van der Waals surface area contributed by atoms with E-state index < -0.39 is 11.9 Å². The van der Waals surface area contributed by atoms with Gasteiger partial charge < -0.3 is 14.6 Å². The molecule has 1 N–H and O–H groups in total. The monoisotopic (exact) mass is 354 g/mol. The van der Waals surface area contributed by atoms with E-state index in [0.717, 1.165) is 16.0 Å². The fraction of sp³-hybridized carbons (Fsp3) is 0.222. The average Bonchev–Trinajstić information content (AvgIpc) is 3.06. The zero-order valence-electron chi connectivity index (χ0n) is 14.6. The lowest BCUT2D eigenvalue weighted by Gasteiger charge is -2.14. The highest BCUT2D eigenvalue weighted by atomic mass is 16.5. The first-order valence-corrected chi connectivity index (χ1v) is 7.96. The summed E-state index contributed by atoms with van der Waals surface area (Å²) in [4.78, 5) is 24.6. The number of nitrogens with one attached hydrogen (secondary N) is 1. The molecule has 3 rings (SSSR count). The Labute approximate surface area is 149 Å². The molecule has 0 fully saturated rings. The second-order valence-electron chi connectivity index (χ2n) is 5.72. The molecule has 26 heavy (non-hydrogen) atoms. The smallest absolute Gasteiger partial charge is 0.267 e. The second-order valence-corrected chi connectivity index (χ2v) is 5.72. The molecular weight excluding hydrogens is 336 g/mol. The van der Waals surface area contributed by atoms with Crippen LogP contribution >= 0.6 is 0 Å². The van der Waals surface area contributed by atoms with E-state index in [0.29, 0.717) is 17.3 Å². The van der Waals surface area contributed by atoms with Crippen LogP contribution in [0.3, 0.4) is 0 Å². The normalized spacial score (nSPS) is 11.8. The summed E-state index contributed by atoms with van der Waals surface area (Å²) in [6.45, 7) is 3.31. The quantitative estimate of drug-likeness (QED) is 0.755. The third-order valence-corrected chi connectivity index (χ3v) is 3.84. The predicted octanol–water partition coefficient (Wildman–Crippen LogP) is 2.42. The van der Waals surface area contributed by atoms with E-state index in [2.05, 4.69) is 15.6 Å². The van der Waals surface area contributed by atoms with Crippen LogP contribution in [0.2, 0.25) is 0 Å². The molecule has 1 aromatic carbocycles. The van der Waals surface area contributed by atoms with E-state index in [-0.39, 0.29) is 5.56 Å². The maximum atomic E-state index is 12.4. The average molecular weight is 354 g/mol. The standard InChI is InChI=1S/C18H18N4O4/c1-11-10-16(21-26-11)19-18(24)12(2)22-17(23)9-8-15(20-22)13-4-6-14(25-3)7-5-13/h4-10,12H,1-3H3,(H,19,21,24). The van der Waals surface area contributed by atoms with E-state index >= 15 is 0 Å². The third-order valence-electron chi connectivity index (χ3n) is 3.84. The van der Waals surface area contributed by atoms with Gasteiger partial charge in [-0.2, -0.15) is 5.10 Å². The molecule has 3 aromatic rings. The number of methoxy groups -OCH3 is 1. The van der Waals surface area contributed by atoms with Gasteiger partial charge in [0.15, 0.2) is 5.82 Å². The Morgan fingerprint density at radius 1 is 1.23 bits per heavy atom. The number of rotatable bonds is 5. The number of ether oxygens (including phenoxy) is 1. The number of carbonyl (C=O) groups excluding carboxylic acids is 1. The van der Waals surface area contributed by atoms with Crippen LogP contribution in [0.15, 0.2) is 51.8 Å². The first kappa shape index (κ1) is 17.4. The van der Waals surface area contributed by atoms with Crippen LogP contribution in [0.4, 0.5) is 5.82 Å². The SMILES string of the molecule is COc1ccc(-c2ccc(=O)n(C(C)C(=O)Nc3cc(C)on3)n2)cc1. The Bertz CT molecular complexity index is 975. The fourth-order valence-electron chi connectivity index (χ4n) is 2.39. The lowest BCUT2D eigenvalue weighted by molar-refractivity contribution is -0.119. The summed E-state index contributed by atoms with van der Waals surface area (Å²) >= 11 is 0. The zero-order valence-corrected chi connectivity index (χ0v) is 14.6. The van der Waals surface area contributed by atoms with Crippen molar-refractivity contribution in [2.24, 2.45) is 0 Å². The minimum Gasteiger partial charge on any atom is -0.497 e. The van der Waals surface area contributed by atoms with Gasteiger partial charge in [0, 0.05) is 17.7 Å². The lowest BCUT2D eigenvalue weighted by atomic mass is 10.1. The third kappa shape index (κ3) is 3.64. The van der Waals surface area contributed by atoms with E-state index in [4.69, 9.17) is 9.26 Å². The fourth-order valence-corrected chi connectivity index (χ4v) is 2.39. The molecule has 2 aromatic heterocycles. The number of aryl methyl sites for hydroxylation is 1. The van der Waals surface area contributed by atoms with Gasteiger partial charge in [0.1, 0.15) is 17.6 Å². The van der Waals surface area contributed by atoms with Gasteiger partial charge in [0.05, 0.1) is 12.8 Å². The van der Waals surface area contributed by atoms with Crippen LogP contribution in [0.25, 0.3) is 11.3 Å². The van der Waals surface area contributed by atoms with E-state index in [9.17, 15) is 9.59 Å². The molecule has 134 valence electrons. The summed E-state index contributed by atoms with van der Waals surface area (Å²) in [6.07, 6.45) is 0. The Hall–Kier alpha value is -3.42. The largest absolute Gasteiger partial charge is 0.497 e. The van der Waals surface area contributed by atoms with Crippen molar-refractivity contribution in [1.29, 1.82) is 0 Å². The molecule has 8 nitrogen and oxygen atoms in total. The van der Waals surface area contributed by atoms with Gasteiger partial charge in [-0.25, -0.2) is 4.68 Å². The molecule has 0 aliphatic rings. The number of amides is 1. The molecule has 0 spiro atoms. The van der Waals surface area contributed by atoms with Crippen LogP contribution in [-0.2, 0) is 4.79 Å². The first-order chi connectivity index (χ1) is 12.5. The highest BCUT2D eigenvalue weighted by Crippen LogP contribution is 2.20. The number of benzene rings is 1. The summed E-state index contributed by atoms with van der Waals surface area (Å²) in [5.41, 5.74) is 1.00. The highest BCUT2D eigenvalue weighted by Gasteiger charge is 2.19. The van der Waals surface area contributed by atoms with Gasteiger partial charge in [-0.3, -0.25) is 9.59 Å². The minimum absolute atomic E-state index is 0.290. The summed E-state index contributed by atoms with van der Waals surface area (Å²) in [6, 6.07) is 11.0. The predicted molar refractivity (Wildman–Crippen MR) is 95.1 cm³/mol. The van der Waals surface area contributed by atoms with E-state index in [1.165, 1.54) is 6.07 Å². The van der Waals surface area contributed by atoms with Crippen LogP contribution < -0.4 is 15.6 Å². The van der Waals surface area contributed by atoms with Crippen molar-refractivity contribution in [3.63, 3.8) is 0 Å². The number of aromatic nitrogens is 3. The number of hydrogen-bond acceptors (Lipinski definition) is 6. The van der Waals surface area contributed by atoms with Crippen molar-refractivity contribution in [2.75, 3.05) is 12.4 Å². The zero-order chi connectivity index (χ0) is 18.7. The number of hydrogen-bond donors (Lipinski definition) is 1. The molecular formula is C18H18N4O4. The maximum Gasteiger partial charge on any atom is 0.267 e. The summed E-state index contributed by atoms with van der Waals surface area (Å²) in [5, 5.41) is 10.6. The van der Waals surface area contributed by atoms with Crippen molar-refractivity contribution >= 4 is 11.7 Å². The van der Waals surface area contributed by atoms with Gasteiger partial charge in [0.25, 0.3) is 5.56 Å². The molecule has 1 atom stereocenters. The van der Waals surface area contributed by atoms with Gasteiger partial charge >= 0.3 is 0 Å². The highest BCUT2D eigenvalue weighted by molar-refractivity contribution is 5.92.